The molecule has 2 N–H and O–H groups in total. The second kappa shape index (κ2) is 7.59. The van der Waals surface area contributed by atoms with Crippen molar-refractivity contribution in [2.45, 2.75) is 6.54 Å². The van der Waals surface area contributed by atoms with Crippen molar-refractivity contribution >= 4 is 29.1 Å². The summed E-state index contributed by atoms with van der Waals surface area (Å²) >= 11 is 3.54. The van der Waals surface area contributed by atoms with Crippen LogP contribution in [0.25, 0.3) is 0 Å². The van der Waals surface area contributed by atoms with Gasteiger partial charge in [0.25, 0.3) is 0 Å². The van der Waals surface area contributed by atoms with E-state index in [4.69, 9.17) is 0 Å². The predicted octanol–water partition coefficient (Wildman–Crippen LogP) is 1.78. The average molecular weight is 243 g/mol. The van der Waals surface area contributed by atoms with E-state index in [9.17, 15) is 0 Å². The predicted molar refractivity (Wildman–Crippen MR) is 70.9 cm³/mol. The smallest absolute Gasteiger partial charge is 0.191 e. The lowest BCUT2D eigenvalue weighted by Crippen LogP contribution is -2.37. The summed E-state index contributed by atoms with van der Waals surface area (Å²) in [6.07, 6.45) is 2.10. The Kier molecular flexibility index (Phi) is 6.27. The average Bonchev–Trinajstić information content (AvgIpc) is 2.76. The van der Waals surface area contributed by atoms with Gasteiger partial charge in [0.2, 0.25) is 0 Å². The van der Waals surface area contributed by atoms with Gasteiger partial charge in [-0.1, -0.05) is 0 Å². The van der Waals surface area contributed by atoms with Gasteiger partial charge >= 0.3 is 0 Å². The maximum absolute atomic E-state index is 4.15. The maximum atomic E-state index is 4.15. The van der Waals surface area contributed by atoms with E-state index in [0.29, 0.717) is 0 Å². The number of aliphatic imine (C=N–C) groups is 1. The molecule has 0 aliphatic carbocycles. The van der Waals surface area contributed by atoms with Gasteiger partial charge in [-0.25, -0.2) is 0 Å². The molecular weight excluding hydrogens is 226 g/mol. The summed E-state index contributed by atoms with van der Waals surface area (Å²) in [7, 11) is 1.79. The number of nitrogens with one attached hydrogen (secondary N) is 2. The molecule has 1 aromatic heterocycles. The highest BCUT2D eigenvalue weighted by Crippen LogP contribution is 2.04. The van der Waals surface area contributed by atoms with E-state index >= 15 is 0 Å². The second-order valence-electron chi connectivity index (χ2n) is 2.98. The number of nitrogens with zero attached hydrogens (tertiary/aromatic N) is 1. The van der Waals surface area contributed by atoms with E-state index < -0.39 is 0 Å². The molecule has 5 heteroatoms. The zero-order valence-electron chi connectivity index (χ0n) is 9.12. The van der Waals surface area contributed by atoms with Crippen LogP contribution in [0.5, 0.6) is 0 Å². The van der Waals surface area contributed by atoms with Crippen LogP contribution in [0.3, 0.4) is 0 Å². The molecule has 0 bridgehead atoms. The summed E-state index contributed by atoms with van der Waals surface area (Å²) in [6, 6.07) is 2.12. The summed E-state index contributed by atoms with van der Waals surface area (Å²) in [5.74, 6) is 1.97. The third-order valence-corrected chi connectivity index (χ3v) is 3.21. The van der Waals surface area contributed by atoms with Crippen LogP contribution in [0.15, 0.2) is 21.8 Å². The molecule has 84 valence electrons. The van der Waals surface area contributed by atoms with Crippen molar-refractivity contribution < 1.29 is 0 Å². The highest BCUT2D eigenvalue weighted by Gasteiger charge is 1.97. The Morgan fingerprint density at radius 2 is 2.40 bits per heavy atom. The molecule has 0 amide bonds. The highest BCUT2D eigenvalue weighted by molar-refractivity contribution is 7.98. The summed E-state index contributed by atoms with van der Waals surface area (Å²) in [4.78, 5) is 4.15. The zero-order valence-corrected chi connectivity index (χ0v) is 10.8. The monoisotopic (exact) mass is 243 g/mol. The Hall–Kier alpha value is -0.680. The first-order valence-corrected chi connectivity index (χ1v) is 7.15. The Morgan fingerprint density at radius 3 is 3.00 bits per heavy atom. The second-order valence-corrected chi connectivity index (χ2v) is 4.74. The molecule has 15 heavy (non-hydrogen) atoms. The largest absolute Gasteiger partial charge is 0.356 e. The molecule has 1 heterocycles. The first-order chi connectivity index (χ1) is 7.36. The minimum absolute atomic E-state index is 0.836. The highest BCUT2D eigenvalue weighted by atomic mass is 32.2. The van der Waals surface area contributed by atoms with Crippen molar-refractivity contribution in [3.8, 4) is 0 Å². The van der Waals surface area contributed by atoms with Gasteiger partial charge in [-0.2, -0.15) is 23.1 Å². The quantitative estimate of drug-likeness (QED) is 0.470. The topological polar surface area (TPSA) is 36.4 Å². The van der Waals surface area contributed by atoms with Crippen molar-refractivity contribution in [1.82, 2.24) is 10.6 Å². The van der Waals surface area contributed by atoms with E-state index in [0.717, 1.165) is 24.8 Å². The van der Waals surface area contributed by atoms with Gasteiger partial charge in [0.15, 0.2) is 5.96 Å². The number of rotatable bonds is 5. The van der Waals surface area contributed by atoms with Gasteiger partial charge in [0, 0.05) is 25.9 Å². The molecule has 0 radical (unpaired) electrons. The maximum Gasteiger partial charge on any atom is 0.191 e. The van der Waals surface area contributed by atoms with E-state index in [-0.39, 0.29) is 0 Å². The van der Waals surface area contributed by atoms with E-state index in [1.807, 2.05) is 11.8 Å². The number of hydrogen-bond donors (Lipinski definition) is 2. The van der Waals surface area contributed by atoms with Crippen LogP contribution < -0.4 is 10.6 Å². The molecule has 0 aliphatic rings. The normalized spacial score (nSPS) is 11.5. The molecule has 0 saturated carbocycles. The number of thiophene rings is 1. The first-order valence-electron chi connectivity index (χ1n) is 4.81. The minimum atomic E-state index is 0.836. The van der Waals surface area contributed by atoms with Crippen LogP contribution >= 0.6 is 23.1 Å². The summed E-state index contributed by atoms with van der Waals surface area (Å²) in [5.41, 5.74) is 1.30. The van der Waals surface area contributed by atoms with Crippen LogP contribution in [0.4, 0.5) is 0 Å². The Morgan fingerprint density at radius 1 is 1.53 bits per heavy atom. The molecule has 0 unspecified atom stereocenters. The number of thioether (sulfide) groups is 1. The fraction of sp³-hybridized carbons (Fsp3) is 0.500. The van der Waals surface area contributed by atoms with Crippen LogP contribution in [-0.4, -0.2) is 31.6 Å². The van der Waals surface area contributed by atoms with Gasteiger partial charge in [-0.15, -0.1) is 0 Å². The van der Waals surface area contributed by atoms with E-state index in [2.05, 4.69) is 38.7 Å². The van der Waals surface area contributed by atoms with Crippen molar-refractivity contribution in [3.63, 3.8) is 0 Å². The van der Waals surface area contributed by atoms with Crippen LogP contribution in [-0.2, 0) is 6.54 Å². The first kappa shape index (κ1) is 12.4. The zero-order chi connectivity index (χ0) is 10.9. The summed E-state index contributed by atoms with van der Waals surface area (Å²) < 4.78 is 0. The standard InChI is InChI=1S/C10H17N3S2/c1-11-10(12-4-6-14-2)13-7-9-3-5-15-8-9/h3,5,8H,4,6-7H2,1-2H3,(H2,11,12,13). The van der Waals surface area contributed by atoms with E-state index in [1.54, 1.807) is 18.4 Å². The van der Waals surface area contributed by atoms with Gasteiger partial charge < -0.3 is 10.6 Å². The van der Waals surface area contributed by atoms with Gasteiger partial charge in [-0.3, -0.25) is 4.99 Å². The molecule has 3 nitrogen and oxygen atoms in total. The van der Waals surface area contributed by atoms with Crippen molar-refractivity contribution in [2.24, 2.45) is 4.99 Å². The van der Waals surface area contributed by atoms with Crippen LogP contribution in [0.2, 0.25) is 0 Å². The van der Waals surface area contributed by atoms with Crippen molar-refractivity contribution in [1.29, 1.82) is 0 Å². The Bertz CT molecular complexity index is 283. The number of guanidine groups is 1. The third-order valence-electron chi connectivity index (χ3n) is 1.86. The van der Waals surface area contributed by atoms with Gasteiger partial charge in [-0.05, 0) is 28.6 Å². The molecule has 1 rings (SSSR count). The fourth-order valence-electron chi connectivity index (χ4n) is 1.07. The van der Waals surface area contributed by atoms with Crippen molar-refractivity contribution in [2.75, 3.05) is 25.6 Å². The molecule has 0 spiro atoms. The molecule has 0 fully saturated rings. The lowest BCUT2D eigenvalue weighted by molar-refractivity contribution is 0.835. The van der Waals surface area contributed by atoms with Crippen LogP contribution in [0.1, 0.15) is 5.56 Å². The van der Waals surface area contributed by atoms with Crippen molar-refractivity contribution in [3.05, 3.63) is 22.4 Å². The Labute approximate surface area is 99.4 Å². The molecule has 1 aromatic rings. The Balaban J connectivity index is 2.23. The molecule has 0 atom stereocenters. The van der Waals surface area contributed by atoms with E-state index in [1.165, 1.54) is 5.56 Å². The molecule has 0 aromatic carbocycles. The SMILES string of the molecule is CN=C(NCCSC)NCc1ccsc1. The minimum Gasteiger partial charge on any atom is -0.356 e. The third kappa shape index (κ3) is 5.09. The number of hydrogen-bond acceptors (Lipinski definition) is 3. The molecule has 0 saturated heterocycles. The van der Waals surface area contributed by atoms with Gasteiger partial charge in [0.1, 0.15) is 0 Å². The summed E-state index contributed by atoms with van der Waals surface area (Å²) in [5, 5.41) is 10.7. The lowest BCUT2D eigenvalue weighted by atomic mass is 10.3. The molecular formula is C10H17N3S2. The van der Waals surface area contributed by atoms with Gasteiger partial charge in [0.05, 0.1) is 0 Å². The van der Waals surface area contributed by atoms with Crippen LogP contribution in [0, 0.1) is 0 Å². The molecule has 0 aliphatic heterocycles. The lowest BCUT2D eigenvalue weighted by Gasteiger charge is -2.10. The fourth-order valence-corrected chi connectivity index (χ4v) is 2.05. The summed E-state index contributed by atoms with van der Waals surface area (Å²) in [6.45, 7) is 1.78.